The van der Waals surface area contributed by atoms with E-state index in [1.807, 2.05) is 4.72 Å². The highest BCUT2D eigenvalue weighted by atomic mass is 32.2. The van der Waals surface area contributed by atoms with Gasteiger partial charge in [-0.25, -0.2) is 13.1 Å². The van der Waals surface area contributed by atoms with Crippen LogP contribution in [0, 0.1) is 0 Å². The predicted octanol–water partition coefficient (Wildman–Crippen LogP) is -7.45. The maximum Gasteiger partial charge on any atom is 0.266 e. The molecule has 0 aliphatic carbocycles. The van der Waals surface area contributed by atoms with Crippen molar-refractivity contribution in [3.63, 3.8) is 0 Å². The summed E-state index contributed by atoms with van der Waals surface area (Å²) in [6.07, 6.45) is -21.8. The fraction of sp³-hybridized carbons (Fsp3) is 0.720. The smallest absolute Gasteiger partial charge is 0.266 e. The molecular formula is C25H37NO19S. The number of hydrogen-bond donors (Lipinski definition) is 12. The first-order valence-electron chi connectivity index (χ1n) is 13.8. The first-order valence-corrected chi connectivity index (χ1v) is 15.3. The predicted molar refractivity (Wildman–Crippen MR) is 142 cm³/mol. The minimum atomic E-state index is -3.55. The number of ether oxygens (including phenoxy) is 5. The molecular weight excluding hydrogens is 650 g/mol. The van der Waals surface area contributed by atoms with Crippen molar-refractivity contribution in [1.82, 2.24) is 4.72 Å². The van der Waals surface area contributed by atoms with Gasteiger partial charge >= 0.3 is 0 Å². The lowest BCUT2D eigenvalue weighted by molar-refractivity contribution is -0.388. The van der Waals surface area contributed by atoms with Gasteiger partial charge in [0.25, 0.3) is 15.9 Å². The molecule has 4 aliphatic rings. The van der Waals surface area contributed by atoms with Crippen LogP contribution in [0.3, 0.4) is 0 Å². The maximum atomic E-state index is 11.1. The third-order valence-electron chi connectivity index (χ3n) is 7.81. The summed E-state index contributed by atoms with van der Waals surface area (Å²) in [7, 11) is -3.55. The number of benzene rings is 1. The van der Waals surface area contributed by atoms with Crippen LogP contribution >= 0.6 is 0 Å². The van der Waals surface area contributed by atoms with Crippen LogP contribution in [0.1, 0.15) is 10.4 Å². The molecule has 0 aromatic heterocycles. The van der Waals surface area contributed by atoms with Gasteiger partial charge in [-0.05, 0) is 12.1 Å². The van der Waals surface area contributed by atoms with E-state index < -0.39 is 128 Å². The van der Waals surface area contributed by atoms with Gasteiger partial charge in [-0.15, -0.1) is 0 Å². The zero-order chi connectivity index (χ0) is 34.1. The van der Waals surface area contributed by atoms with E-state index in [1.54, 1.807) is 12.1 Å². The summed E-state index contributed by atoms with van der Waals surface area (Å²) in [5.74, 6) is -2.91. The van der Waals surface area contributed by atoms with E-state index in [-0.39, 0.29) is 10.5 Å². The number of aliphatic hydroxyl groups excluding tert-OH is 11. The minimum absolute atomic E-state index is 0.0648. The number of aliphatic hydroxyl groups is 11. The first kappa shape index (κ1) is 36.8. The normalized spacial score (nSPS) is 43.4. The van der Waals surface area contributed by atoms with E-state index in [0.717, 1.165) is 0 Å². The molecule has 0 saturated carbocycles. The molecule has 3 saturated heterocycles. The maximum absolute atomic E-state index is 11.1. The van der Waals surface area contributed by atoms with E-state index in [0.29, 0.717) is 0 Å². The van der Waals surface area contributed by atoms with E-state index >= 15 is 0 Å². The van der Waals surface area contributed by atoms with Gasteiger partial charge in [0, 0.05) is 0 Å². The highest BCUT2D eigenvalue weighted by molar-refractivity contribution is 7.90. The molecule has 3 fully saturated rings. The minimum Gasteiger partial charge on any atom is -0.394 e. The van der Waals surface area contributed by atoms with Crippen molar-refractivity contribution in [3.8, 4) is 0 Å². The Labute approximate surface area is 260 Å². The van der Waals surface area contributed by atoms with Crippen molar-refractivity contribution in [2.75, 3.05) is 26.4 Å². The molecule has 4 aliphatic heterocycles. The van der Waals surface area contributed by atoms with Crippen LogP contribution in [0.2, 0.25) is 0 Å². The fourth-order valence-electron chi connectivity index (χ4n) is 5.13. The first-order chi connectivity index (χ1) is 21.6. The number of fused-ring (bicyclic) bond motifs is 1. The summed E-state index contributed by atoms with van der Waals surface area (Å²) in [5.41, 5.74) is 0.220. The largest absolute Gasteiger partial charge is 0.394 e. The summed E-state index contributed by atoms with van der Waals surface area (Å²) in [4.78, 5) is 11.1. The second-order valence-corrected chi connectivity index (χ2v) is 12.5. The number of amides is 1. The van der Waals surface area contributed by atoms with E-state index in [4.69, 9.17) is 23.7 Å². The molecule has 2 unspecified atom stereocenters. The Balaban J connectivity index is 0.000000331. The molecule has 1 aromatic carbocycles. The van der Waals surface area contributed by atoms with Gasteiger partial charge in [0.1, 0.15) is 78.6 Å². The number of rotatable bonds is 8. The quantitative estimate of drug-likeness (QED) is 0.121. The van der Waals surface area contributed by atoms with Gasteiger partial charge < -0.3 is 79.9 Å². The van der Waals surface area contributed by atoms with Crippen LogP contribution in [-0.2, 0) is 33.7 Å². The number of nitrogens with one attached hydrogen (secondary N) is 1. The molecule has 0 spiro atoms. The highest BCUT2D eigenvalue weighted by Gasteiger charge is 2.58. The fourth-order valence-corrected chi connectivity index (χ4v) is 6.31. The molecule has 14 atom stereocenters. The summed E-state index contributed by atoms with van der Waals surface area (Å²) >= 11 is 0. The van der Waals surface area contributed by atoms with E-state index in [2.05, 4.69) is 0 Å². The summed E-state index contributed by atoms with van der Waals surface area (Å²) < 4.78 is 50.6. The lowest BCUT2D eigenvalue weighted by Crippen LogP contribution is -2.63. The third-order valence-corrected chi connectivity index (χ3v) is 9.20. The molecule has 0 radical (unpaired) electrons. The molecule has 21 heteroatoms. The molecule has 20 nitrogen and oxygen atoms in total. The Kier molecular flexibility index (Phi) is 11.7. The van der Waals surface area contributed by atoms with Crippen LogP contribution in [-0.4, -0.2) is 182 Å². The number of hydrogen-bond acceptors (Lipinski definition) is 19. The number of carbonyl (C=O) groups excluding carboxylic acids is 1. The van der Waals surface area contributed by atoms with Gasteiger partial charge in [-0.3, -0.25) is 4.79 Å². The van der Waals surface area contributed by atoms with Gasteiger partial charge in [-0.1, -0.05) is 12.1 Å². The SMILES string of the molecule is O=C1NS(=O)(=O)c2ccccc21.OC[C@H]1OC(OC[C@H]2OC(O[C@]3(CO)O[C@H](CO)[C@@H](O)[C@@H]3O)[C@H](O)[C@@H](O)[C@@H]2O)[C@H](O)[C@@H](O)[C@H]1O. The van der Waals surface area contributed by atoms with Crippen LogP contribution in [0.5, 0.6) is 0 Å². The standard InChI is InChI=1S/C18H32O16.C7H5NO3S/c19-1-5-8(22)11(25)13(27)16(31-5)30-3-7-9(23)12(26)14(28)17(32-7)34-18(4-21)15(29)10(24)6(2-20)33-18;9-7-5-3-1-2-4-6(5)12(10,11)8-7/h5-17,19-29H,1-4H2;1-4H,(H,8,9)/t5-,6-,7-,8+,9-,10-,11+,12+,13-,14-,15+,16?,17?,18+;/m1./s1. The van der Waals surface area contributed by atoms with Crippen molar-refractivity contribution in [2.45, 2.75) is 90.4 Å². The molecule has 4 heterocycles. The summed E-state index contributed by atoms with van der Waals surface area (Å²) in [5, 5.41) is 109. The number of sulfonamides is 1. The molecule has 46 heavy (non-hydrogen) atoms. The topological polar surface area (TPSA) is 332 Å². The Morgan fingerprint density at radius 2 is 1.30 bits per heavy atom. The molecule has 5 rings (SSSR count). The van der Waals surface area contributed by atoms with Crippen molar-refractivity contribution < 1.29 is 93.1 Å². The summed E-state index contributed by atoms with van der Waals surface area (Å²) in [6.45, 7) is -3.14. The zero-order valence-electron chi connectivity index (χ0n) is 23.7. The molecule has 262 valence electrons. The van der Waals surface area contributed by atoms with Gasteiger partial charge in [-0.2, -0.15) is 0 Å². The Morgan fingerprint density at radius 1 is 0.739 bits per heavy atom. The monoisotopic (exact) mass is 687 g/mol. The molecule has 1 amide bonds. The zero-order valence-corrected chi connectivity index (χ0v) is 24.6. The lowest BCUT2D eigenvalue weighted by atomic mass is 9.98. The van der Waals surface area contributed by atoms with Crippen molar-refractivity contribution in [3.05, 3.63) is 29.8 Å². The second-order valence-electron chi connectivity index (χ2n) is 10.8. The van der Waals surface area contributed by atoms with Gasteiger partial charge in [0.05, 0.1) is 25.4 Å². The lowest BCUT2D eigenvalue weighted by Gasteiger charge is -2.44. The second kappa shape index (κ2) is 14.6. The van der Waals surface area contributed by atoms with Crippen LogP contribution < -0.4 is 4.72 Å². The Bertz CT molecular complexity index is 1300. The Morgan fingerprint density at radius 3 is 1.87 bits per heavy atom. The average molecular weight is 688 g/mol. The Hall–Kier alpha value is -2.00. The van der Waals surface area contributed by atoms with Gasteiger partial charge in [0.2, 0.25) is 5.79 Å². The average Bonchev–Trinajstić information content (AvgIpc) is 3.43. The molecule has 0 bridgehead atoms. The molecule has 12 N–H and O–H groups in total. The van der Waals surface area contributed by atoms with Crippen molar-refractivity contribution >= 4 is 15.9 Å². The van der Waals surface area contributed by atoms with Crippen molar-refractivity contribution in [1.29, 1.82) is 0 Å². The van der Waals surface area contributed by atoms with Crippen LogP contribution in [0.15, 0.2) is 29.2 Å². The van der Waals surface area contributed by atoms with Crippen LogP contribution in [0.4, 0.5) is 0 Å². The highest BCUT2D eigenvalue weighted by Crippen LogP contribution is 2.36. The van der Waals surface area contributed by atoms with Crippen molar-refractivity contribution in [2.24, 2.45) is 0 Å². The summed E-state index contributed by atoms with van der Waals surface area (Å²) in [6, 6.07) is 6.09. The number of carbonyl (C=O) groups is 1. The van der Waals surface area contributed by atoms with Crippen LogP contribution in [0.25, 0.3) is 0 Å². The third kappa shape index (κ3) is 7.06. The van der Waals surface area contributed by atoms with Gasteiger partial charge in [0.15, 0.2) is 12.6 Å². The van der Waals surface area contributed by atoms with E-state index in [1.165, 1.54) is 12.1 Å². The molecule has 1 aromatic rings. The van der Waals surface area contributed by atoms with E-state index in [9.17, 15) is 69.4 Å².